The van der Waals surface area contributed by atoms with Gasteiger partial charge < -0.3 is 20.1 Å². The molecular formula is C16H30N6. The van der Waals surface area contributed by atoms with Crippen molar-refractivity contribution in [2.75, 3.05) is 26.0 Å². The second kappa shape index (κ2) is 7.51. The average molecular weight is 306 g/mol. The summed E-state index contributed by atoms with van der Waals surface area (Å²) in [5.74, 6) is 2.65. The summed E-state index contributed by atoms with van der Waals surface area (Å²) in [5.41, 5.74) is 1.14. The summed E-state index contributed by atoms with van der Waals surface area (Å²) in [6.45, 7) is 3.06. The molecule has 1 heterocycles. The third kappa shape index (κ3) is 4.15. The van der Waals surface area contributed by atoms with Gasteiger partial charge in [-0.05, 0) is 18.8 Å². The van der Waals surface area contributed by atoms with Gasteiger partial charge in [0.1, 0.15) is 0 Å². The summed E-state index contributed by atoms with van der Waals surface area (Å²) < 4.78 is 2.10. The van der Waals surface area contributed by atoms with Gasteiger partial charge in [0, 0.05) is 34.2 Å². The molecule has 0 spiro atoms. The first kappa shape index (κ1) is 16.6. The van der Waals surface area contributed by atoms with E-state index in [1.165, 1.54) is 25.7 Å². The van der Waals surface area contributed by atoms with Crippen LogP contribution < -0.4 is 15.5 Å². The lowest BCUT2D eigenvalue weighted by Crippen LogP contribution is -2.44. The predicted octanol–water partition coefficient (Wildman–Crippen LogP) is 1.73. The van der Waals surface area contributed by atoms with Gasteiger partial charge in [0.15, 0.2) is 5.96 Å². The Kier molecular flexibility index (Phi) is 5.69. The van der Waals surface area contributed by atoms with Gasteiger partial charge in [-0.2, -0.15) is 0 Å². The first-order valence-electron chi connectivity index (χ1n) is 8.16. The van der Waals surface area contributed by atoms with Gasteiger partial charge in [0.05, 0.1) is 18.4 Å². The van der Waals surface area contributed by atoms with Crippen molar-refractivity contribution in [2.24, 2.45) is 18.0 Å². The van der Waals surface area contributed by atoms with E-state index >= 15 is 0 Å². The lowest BCUT2D eigenvalue weighted by molar-refractivity contribution is 0.324. The summed E-state index contributed by atoms with van der Waals surface area (Å²) in [6.07, 6.45) is 7.05. The Bertz CT molecular complexity index is 505. The second-order valence-electron chi connectivity index (χ2n) is 6.54. The quantitative estimate of drug-likeness (QED) is 0.657. The normalized spacial score (nSPS) is 22.5. The SMILES string of the molecule is CN=C(NCc1cnc(N(C)C)n1C)NC1CCCC(C)C1. The second-order valence-corrected chi connectivity index (χ2v) is 6.54. The molecule has 22 heavy (non-hydrogen) atoms. The number of rotatable bonds is 4. The van der Waals surface area contributed by atoms with E-state index in [1.807, 2.05) is 39.3 Å². The largest absolute Gasteiger partial charge is 0.354 e. The Morgan fingerprint density at radius 3 is 2.82 bits per heavy atom. The zero-order valence-electron chi connectivity index (χ0n) is 14.6. The standard InChI is InChI=1S/C16H30N6/c1-12-7-6-8-13(9-12)20-15(17-2)18-10-14-11-19-16(21(3)4)22(14)5/h11-13H,6-10H2,1-5H3,(H2,17,18,20). The van der Waals surface area contributed by atoms with Gasteiger partial charge in [0.25, 0.3) is 0 Å². The van der Waals surface area contributed by atoms with E-state index in [-0.39, 0.29) is 0 Å². The molecule has 2 atom stereocenters. The number of nitrogens with zero attached hydrogens (tertiary/aromatic N) is 4. The van der Waals surface area contributed by atoms with Crippen LogP contribution in [0.3, 0.4) is 0 Å². The van der Waals surface area contributed by atoms with E-state index in [0.717, 1.165) is 30.1 Å². The number of guanidine groups is 1. The molecule has 1 aliphatic carbocycles. The predicted molar refractivity (Wildman–Crippen MR) is 92.3 cm³/mol. The van der Waals surface area contributed by atoms with Gasteiger partial charge in [-0.3, -0.25) is 4.99 Å². The molecule has 6 nitrogen and oxygen atoms in total. The molecule has 124 valence electrons. The molecule has 1 fully saturated rings. The maximum absolute atomic E-state index is 4.43. The van der Waals surface area contributed by atoms with Crippen LogP contribution >= 0.6 is 0 Å². The molecule has 1 saturated carbocycles. The summed E-state index contributed by atoms with van der Waals surface area (Å²) in [7, 11) is 7.88. The third-order valence-corrected chi connectivity index (χ3v) is 4.40. The fraction of sp³-hybridized carbons (Fsp3) is 0.750. The molecule has 2 N–H and O–H groups in total. The number of aromatic nitrogens is 2. The molecule has 0 amide bonds. The Hall–Kier alpha value is -1.72. The summed E-state index contributed by atoms with van der Waals surface area (Å²) in [6, 6.07) is 0.541. The molecule has 0 radical (unpaired) electrons. The number of imidazole rings is 1. The molecule has 0 bridgehead atoms. The van der Waals surface area contributed by atoms with Gasteiger partial charge >= 0.3 is 0 Å². The number of aliphatic imine (C=N–C) groups is 1. The molecule has 1 aromatic heterocycles. The van der Waals surface area contributed by atoms with Gasteiger partial charge in [-0.25, -0.2) is 4.98 Å². The van der Waals surface area contributed by atoms with E-state index in [9.17, 15) is 0 Å². The maximum atomic E-state index is 4.43. The zero-order chi connectivity index (χ0) is 16.1. The molecule has 6 heteroatoms. The fourth-order valence-corrected chi connectivity index (χ4v) is 3.14. The van der Waals surface area contributed by atoms with Crippen molar-refractivity contribution >= 4 is 11.9 Å². The van der Waals surface area contributed by atoms with E-state index < -0.39 is 0 Å². The molecule has 1 aromatic rings. The highest BCUT2D eigenvalue weighted by Gasteiger charge is 2.19. The van der Waals surface area contributed by atoms with Crippen LogP contribution in [0, 0.1) is 5.92 Å². The van der Waals surface area contributed by atoms with Crippen LogP contribution in [0.25, 0.3) is 0 Å². The summed E-state index contributed by atoms with van der Waals surface area (Å²) in [4.78, 5) is 10.8. The Morgan fingerprint density at radius 2 is 2.23 bits per heavy atom. The van der Waals surface area contributed by atoms with Crippen molar-refractivity contribution in [3.05, 3.63) is 11.9 Å². The molecule has 2 rings (SSSR count). The van der Waals surface area contributed by atoms with E-state index in [2.05, 4.69) is 32.1 Å². The van der Waals surface area contributed by atoms with Crippen molar-refractivity contribution in [2.45, 2.75) is 45.2 Å². The lowest BCUT2D eigenvalue weighted by Gasteiger charge is -2.28. The third-order valence-electron chi connectivity index (χ3n) is 4.40. The van der Waals surface area contributed by atoms with Crippen molar-refractivity contribution in [1.29, 1.82) is 0 Å². The molecule has 0 aliphatic heterocycles. The van der Waals surface area contributed by atoms with Crippen LogP contribution in [-0.2, 0) is 13.6 Å². The van der Waals surface area contributed by atoms with Crippen LogP contribution in [0.5, 0.6) is 0 Å². The molecular weight excluding hydrogens is 276 g/mol. The van der Waals surface area contributed by atoms with Gasteiger partial charge in [-0.1, -0.05) is 19.8 Å². The maximum Gasteiger partial charge on any atom is 0.204 e. The van der Waals surface area contributed by atoms with Crippen LogP contribution in [0.1, 0.15) is 38.3 Å². The van der Waals surface area contributed by atoms with Crippen molar-refractivity contribution in [3.8, 4) is 0 Å². The highest BCUT2D eigenvalue weighted by molar-refractivity contribution is 5.79. The van der Waals surface area contributed by atoms with Gasteiger partial charge in [0.2, 0.25) is 5.95 Å². The van der Waals surface area contributed by atoms with Gasteiger partial charge in [-0.15, -0.1) is 0 Å². The first-order valence-corrected chi connectivity index (χ1v) is 8.16. The number of nitrogens with one attached hydrogen (secondary N) is 2. The van der Waals surface area contributed by atoms with Crippen molar-refractivity contribution in [1.82, 2.24) is 20.2 Å². The van der Waals surface area contributed by atoms with E-state index in [1.54, 1.807) is 0 Å². The Labute approximate surface area is 134 Å². The fourth-order valence-electron chi connectivity index (χ4n) is 3.14. The Morgan fingerprint density at radius 1 is 1.45 bits per heavy atom. The molecule has 2 unspecified atom stereocenters. The Balaban J connectivity index is 1.89. The molecule has 0 saturated heterocycles. The van der Waals surface area contributed by atoms with E-state index in [4.69, 9.17) is 0 Å². The monoisotopic (exact) mass is 306 g/mol. The number of anilines is 1. The van der Waals surface area contributed by atoms with Crippen LogP contribution in [-0.4, -0.2) is 42.7 Å². The summed E-state index contributed by atoms with van der Waals surface area (Å²) >= 11 is 0. The van der Waals surface area contributed by atoms with Crippen molar-refractivity contribution < 1.29 is 0 Å². The minimum Gasteiger partial charge on any atom is -0.354 e. The molecule has 1 aliphatic rings. The summed E-state index contributed by atoms with van der Waals surface area (Å²) in [5, 5.41) is 6.95. The topological polar surface area (TPSA) is 57.5 Å². The number of hydrogen-bond donors (Lipinski definition) is 2. The minimum absolute atomic E-state index is 0.541. The first-order chi connectivity index (χ1) is 10.5. The van der Waals surface area contributed by atoms with Crippen LogP contribution in [0.2, 0.25) is 0 Å². The highest BCUT2D eigenvalue weighted by atomic mass is 15.3. The minimum atomic E-state index is 0.541. The van der Waals surface area contributed by atoms with Crippen LogP contribution in [0.15, 0.2) is 11.2 Å². The van der Waals surface area contributed by atoms with Crippen LogP contribution in [0.4, 0.5) is 5.95 Å². The van der Waals surface area contributed by atoms with E-state index in [0.29, 0.717) is 6.04 Å². The zero-order valence-corrected chi connectivity index (χ0v) is 14.6. The highest BCUT2D eigenvalue weighted by Crippen LogP contribution is 2.23. The molecule has 0 aromatic carbocycles. The van der Waals surface area contributed by atoms with Crippen molar-refractivity contribution in [3.63, 3.8) is 0 Å². The average Bonchev–Trinajstić information content (AvgIpc) is 2.84. The lowest BCUT2D eigenvalue weighted by atomic mass is 9.87. The smallest absolute Gasteiger partial charge is 0.204 e. The number of hydrogen-bond acceptors (Lipinski definition) is 3.